The van der Waals surface area contributed by atoms with Crippen LogP contribution in [0, 0.1) is 27.1 Å². The molecule has 70 heavy (non-hydrogen) atoms. The predicted octanol–water partition coefficient (Wildman–Crippen LogP) is 8.57. The lowest BCUT2D eigenvalue weighted by Gasteiger charge is -2.32. The summed E-state index contributed by atoms with van der Waals surface area (Å²) in [6, 6.07) is 0. The van der Waals surface area contributed by atoms with Gasteiger partial charge < -0.3 is 9.64 Å². The van der Waals surface area contributed by atoms with Gasteiger partial charge >= 0.3 is 0 Å². The molecule has 0 aromatic rings. The van der Waals surface area contributed by atoms with Gasteiger partial charge in [0.15, 0.2) is 19.7 Å². The Morgan fingerprint density at radius 2 is 0.686 bits per heavy atom. The second-order valence-electron chi connectivity index (χ2n) is 25.7. The average molecular weight is 1100 g/mol. The van der Waals surface area contributed by atoms with Crippen LogP contribution in [0.2, 0.25) is 0 Å². The van der Waals surface area contributed by atoms with Crippen LogP contribution in [0.25, 0.3) is 0 Å². The quantitative estimate of drug-likeness (QED) is 0.171. The first-order chi connectivity index (χ1) is 31.5. The van der Waals surface area contributed by atoms with E-state index in [9.17, 15) is 42.1 Å². The molecule has 5 aliphatic rings. The maximum absolute atomic E-state index is 11.9. The number of sulfone groups is 2. The number of nitrogens with zero attached hydrogens (tertiary/aromatic N) is 4. The molecule has 5 rings (SSSR count). The molecule has 0 amide bonds. The monoisotopic (exact) mass is 1100 g/mol. The molecule has 0 N–H and O–H groups in total. The molecule has 0 spiro atoms. The van der Waals surface area contributed by atoms with Crippen LogP contribution < -0.4 is 0 Å². The van der Waals surface area contributed by atoms with E-state index in [4.69, 9.17) is 4.74 Å². The summed E-state index contributed by atoms with van der Waals surface area (Å²) in [7, 11) is -14.7. The van der Waals surface area contributed by atoms with Crippen molar-refractivity contribution in [2.75, 3.05) is 106 Å². The van der Waals surface area contributed by atoms with Crippen molar-refractivity contribution in [2.45, 2.75) is 188 Å². The first-order valence-electron chi connectivity index (χ1n) is 26.2. The minimum atomic E-state index is -2.98. The molecule has 15 nitrogen and oxygen atoms in total. The Morgan fingerprint density at radius 1 is 0.386 bits per heavy atom. The van der Waals surface area contributed by atoms with Crippen molar-refractivity contribution >= 4 is 49.7 Å². The number of likely N-dealkylation sites (tertiary alicyclic amines) is 1. The summed E-state index contributed by atoms with van der Waals surface area (Å²) < 4.78 is 128. The van der Waals surface area contributed by atoms with Crippen LogP contribution in [0.4, 0.5) is 0 Å². The molecule has 20 heteroatoms. The zero-order valence-corrected chi connectivity index (χ0v) is 51.6. The van der Waals surface area contributed by atoms with E-state index in [2.05, 4.69) is 4.90 Å². The van der Waals surface area contributed by atoms with E-state index in [1.165, 1.54) is 19.3 Å². The van der Waals surface area contributed by atoms with Crippen LogP contribution in [0.15, 0.2) is 0 Å². The smallest absolute Gasteiger partial charge is 0.214 e. The van der Waals surface area contributed by atoms with Gasteiger partial charge in [0, 0.05) is 52.4 Å². The van der Waals surface area contributed by atoms with Gasteiger partial charge in [-0.1, -0.05) is 124 Å². The summed E-state index contributed by atoms with van der Waals surface area (Å²) in [6.45, 7) is 41.3. The van der Waals surface area contributed by atoms with Crippen molar-refractivity contribution in [1.29, 1.82) is 0 Å². The highest BCUT2D eigenvalue weighted by Crippen LogP contribution is 2.25. The molecule has 5 fully saturated rings. The highest BCUT2D eigenvalue weighted by molar-refractivity contribution is 7.91. The third kappa shape index (κ3) is 34.2. The minimum Gasteiger partial charge on any atom is -0.377 e. The molecule has 5 heterocycles. The van der Waals surface area contributed by atoms with Crippen molar-refractivity contribution in [3.05, 3.63) is 0 Å². The Kier molecular flexibility index (Phi) is 29.6. The Hall–Kier alpha value is -0.450. The molecular formula is C50H106N4O11S5. The van der Waals surface area contributed by atoms with Crippen LogP contribution in [0.1, 0.15) is 182 Å². The Morgan fingerprint density at radius 3 is 0.957 bits per heavy atom. The number of hydrogen-bond acceptors (Lipinski definition) is 12. The molecule has 0 aromatic heterocycles. The maximum Gasteiger partial charge on any atom is 0.214 e. The fraction of sp³-hybridized carbons (Fsp3) is 1.00. The number of rotatable bonds is 13. The minimum absolute atomic E-state index is 0.0534. The fourth-order valence-corrected chi connectivity index (χ4v) is 18.9. The van der Waals surface area contributed by atoms with Crippen LogP contribution in [0.3, 0.4) is 0 Å². The number of hydrogen-bond donors (Lipinski definition) is 0. The van der Waals surface area contributed by atoms with Crippen LogP contribution in [-0.4, -0.2) is 172 Å². The highest BCUT2D eigenvalue weighted by Gasteiger charge is 2.33. The molecule has 0 saturated carbocycles. The standard InChI is InChI=1S/C12H25NO2S.C10H20O3S.2C9H19NO2S.C8H17NO2S.C2H6/c1-12(2,3)11-16(14,15)10-9-13-7-5-4-6-8-13;1-10(2,3)8-14(11,12)7-9-5-4-6-13-9;2*1-9(2,3)8-13(11,12)10-6-4-5-7-10;1-8(2,3)7-12(10,11)9-5-4-6-9;1-2/h4-11H2,1-3H3;9H,4-8H2,1-3H3;2*4-8H2,1-3H3;4-7H2,1-3H3;1-2H3. The molecule has 422 valence electrons. The van der Waals surface area contributed by atoms with Gasteiger partial charge in [0.25, 0.3) is 0 Å². The molecule has 5 saturated heterocycles. The molecule has 0 aromatic carbocycles. The third-order valence-electron chi connectivity index (χ3n) is 10.9. The van der Waals surface area contributed by atoms with Gasteiger partial charge in [0.1, 0.15) is 0 Å². The van der Waals surface area contributed by atoms with Crippen molar-refractivity contribution in [2.24, 2.45) is 27.1 Å². The lowest BCUT2D eigenvalue weighted by molar-refractivity contribution is 0.127. The van der Waals surface area contributed by atoms with E-state index < -0.39 is 49.7 Å². The lowest BCUT2D eigenvalue weighted by Crippen LogP contribution is -2.45. The van der Waals surface area contributed by atoms with Crippen LogP contribution >= 0.6 is 0 Å². The normalized spacial score (nSPS) is 20.7. The summed E-state index contributed by atoms with van der Waals surface area (Å²) in [6.07, 6.45) is 10.7. The number of sulfonamides is 3. The van der Waals surface area contributed by atoms with E-state index in [0.29, 0.717) is 11.5 Å². The van der Waals surface area contributed by atoms with Gasteiger partial charge in [-0.25, -0.2) is 55.0 Å². The third-order valence-corrected chi connectivity index (χ3v) is 22.4. The molecule has 5 aliphatic heterocycles. The van der Waals surface area contributed by atoms with Gasteiger partial charge in [-0.3, -0.25) is 0 Å². The van der Waals surface area contributed by atoms with Crippen molar-refractivity contribution in [1.82, 2.24) is 17.8 Å². The first kappa shape index (κ1) is 69.5. The molecule has 0 radical (unpaired) electrons. The topological polar surface area (TPSA) is 193 Å². The summed E-state index contributed by atoms with van der Waals surface area (Å²) in [4.78, 5) is 2.28. The zero-order chi connectivity index (χ0) is 54.7. The van der Waals surface area contributed by atoms with Crippen LogP contribution in [0.5, 0.6) is 0 Å². The molecule has 1 atom stereocenters. The second kappa shape index (κ2) is 29.7. The largest absolute Gasteiger partial charge is 0.377 e. The number of ether oxygens (including phenoxy) is 1. The van der Waals surface area contributed by atoms with Crippen LogP contribution in [-0.2, 0) is 54.5 Å². The Bertz CT molecular complexity index is 1960. The lowest BCUT2D eigenvalue weighted by atomic mass is 10.0. The van der Waals surface area contributed by atoms with E-state index in [1.807, 2.05) is 118 Å². The summed E-state index contributed by atoms with van der Waals surface area (Å²) in [5, 5.41) is 0. The van der Waals surface area contributed by atoms with Gasteiger partial charge in [-0.15, -0.1) is 0 Å². The Balaban J connectivity index is 0.000000845. The van der Waals surface area contributed by atoms with Crippen molar-refractivity contribution in [3.8, 4) is 0 Å². The van der Waals surface area contributed by atoms with E-state index >= 15 is 0 Å². The predicted molar refractivity (Wildman–Crippen MR) is 294 cm³/mol. The fourth-order valence-electron chi connectivity index (χ4n) is 8.37. The van der Waals surface area contributed by atoms with Gasteiger partial charge in [-0.05, 0) is 98.0 Å². The highest BCUT2D eigenvalue weighted by atomic mass is 32.2. The summed E-state index contributed by atoms with van der Waals surface area (Å²) in [5.74, 6) is 1.86. The molecule has 0 bridgehead atoms. The molecule has 1 unspecified atom stereocenters. The number of piperidine rings is 1. The average Bonchev–Trinajstić information content (AvgIpc) is 3.93. The van der Waals surface area contributed by atoms with Crippen molar-refractivity contribution < 1.29 is 46.8 Å². The maximum atomic E-state index is 11.9. The Labute approximate surface area is 432 Å². The van der Waals surface area contributed by atoms with E-state index in [0.717, 1.165) is 110 Å². The van der Waals surface area contributed by atoms with Gasteiger partial charge in [0.2, 0.25) is 30.1 Å². The summed E-state index contributed by atoms with van der Waals surface area (Å²) >= 11 is 0. The summed E-state index contributed by atoms with van der Waals surface area (Å²) in [5.41, 5.74) is -0.685. The zero-order valence-electron chi connectivity index (χ0n) is 47.5. The van der Waals surface area contributed by atoms with Gasteiger partial charge in [-0.2, -0.15) is 0 Å². The van der Waals surface area contributed by atoms with Gasteiger partial charge in [0.05, 0.1) is 46.4 Å². The second-order valence-corrected chi connectivity index (χ2v) is 35.9. The van der Waals surface area contributed by atoms with Crippen molar-refractivity contribution in [3.63, 3.8) is 0 Å². The molecular weight excluding hydrogens is 993 g/mol. The first-order valence-corrected chi connectivity index (χ1v) is 34.7. The van der Waals surface area contributed by atoms with E-state index in [1.54, 1.807) is 12.9 Å². The van der Waals surface area contributed by atoms with E-state index in [-0.39, 0.29) is 61.9 Å². The molecule has 0 aliphatic carbocycles. The SMILES string of the molecule is CC.CC(C)(C)CS(=O)(=O)CC1CCCO1.CC(C)(C)CS(=O)(=O)CCN1CCCCC1.CC(C)(C)CS(=O)(=O)N1CCC1.CC(C)(C)CS(=O)(=O)N1CCCC1.CC(C)(C)CS(=O)(=O)N1CCCC1.